The molecule has 122 valence electrons. The zero-order valence-electron chi connectivity index (χ0n) is 13.6. The first kappa shape index (κ1) is 16.5. The number of carbonyl (C=O) groups excluding carboxylic acids is 2. The molecule has 0 N–H and O–H groups in total. The van der Waals surface area contributed by atoms with E-state index in [1.807, 2.05) is 30.2 Å². The predicted octanol–water partition coefficient (Wildman–Crippen LogP) is 1.10. The highest BCUT2D eigenvalue weighted by Crippen LogP contribution is 2.16. The first-order valence-electron chi connectivity index (χ1n) is 7.74. The van der Waals surface area contributed by atoms with E-state index in [1.165, 1.54) is 4.90 Å². The molecule has 0 saturated heterocycles. The Morgan fingerprint density at radius 1 is 1.36 bits per heavy atom. The third-order valence-electron chi connectivity index (χ3n) is 3.86. The summed E-state index contributed by atoms with van der Waals surface area (Å²) >= 11 is 0. The number of fused-ring (bicyclic) bond motifs is 1. The molecule has 1 aliphatic rings. The van der Waals surface area contributed by atoms with E-state index in [4.69, 9.17) is 4.74 Å². The van der Waals surface area contributed by atoms with Crippen molar-refractivity contribution in [2.45, 2.75) is 39.0 Å². The number of nitrogens with zero attached hydrogens (tertiary/aromatic N) is 3. The van der Waals surface area contributed by atoms with Crippen LogP contribution in [0.25, 0.3) is 0 Å². The third kappa shape index (κ3) is 4.10. The Bertz CT molecular complexity index is 524. The van der Waals surface area contributed by atoms with Crippen LogP contribution in [0.4, 0.5) is 0 Å². The molecule has 2 rings (SSSR count). The quantitative estimate of drug-likeness (QED) is 0.818. The minimum atomic E-state index is -0.168. The topological polar surface area (TPSA) is 54.8 Å². The zero-order valence-corrected chi connectivity index (χ0v) is 13.6. The Morgan fingerprint density at radius 2 is 2.14 bits per heavy atom. The zero-order chi connectivity index (χ0) is 16.1. The molecular weight excluding hydrogens is 282 g/mol. The van der Waals surface area contributed by atoms with Gasteiger partial charge >= 0.3 is 0 Å². The number of ether oxygens (including phenoxy) is 1. The summed E-state index contributed by atoms with van der Waals surface area (Å²) in [5.74, 6) is 0.0769. The molecule has 1 aromatic rings. The average molecular weight is 307 g/mol. The fourth-order valence-corrected chi connectivity index (χ4v) is 2.54. The monoisotopic (exact) mass is 307 g/mol. The number of aromatic nitrogens is 1. The molecule has 0 spiro atoms. The smallest absolute Gasteiger partial charge is 0.248 e. The minimum absolute atomic E-state index is 0.0457. The van der Waals surface area contributed by atoms with Gasteiger partial charge < -0.3 is 19.1 Å². The van der Waals surface area contributed by atoms with Crippen LogP contribution in [0.5, 0.6) is 0 Å². The van der Waals surface area contributed by atoms with E-state index in [2.05, 4.69) is 4.57 Å². The van der Waals surface area contributed by atoms with Crippen LogP contribution >= 0.6 is 0 Å². The first-order chi connectivity index (χ1) is 10.5. The van der Waals surface area contributed by atoms with E-state index in [1.54, 1.807) is 14.1 Å². The summed E-state index contributed by atoms with van der Waals surface area (Å²) < 4.78 is 7.87. The van der Waals surface area contributed by atoms with Gasteiger partial charge in [0.05, 0.1) is 19.2 Å². The molecule has 22 heavy (non-hydrogen) atoms. The maximum Gasteiger partial charge on any atom is 0.248 e. The third-order valence-corrected chi connectivity index (χ3v) is 3.86. The number of carbonyl (C=O) groups is 2. The van der Waals surface area contributed by atoms with Gasteiger partial charge in [0.1, 0.15) is 6.61 Å². The number of hydrogen-bond acceptors (Lipinski definition) is 3. The van der Waals surface area contributed by atoms with Crippen LogP contribution < -0.4 is 0 Å². The van der Waals surface area contributed by atoms with E-state index in [9.17, 15) is 9.59 Å². The van der Waals surface area contributed by atoms with Crippen LogP contribution in [0, 0.1) is 0 Å². The van der Waals surface area contributed by atoms with Crippen molar-refractivity contribution < 1.29 is 14.3 Å². The Morgan fingerprint density at radius 3 is 2.82 bits per heavy atom. The lowest BCUT2D eigenvalue weighted by Crippen LogP contribution is -2.38. The van der Waals surface area contributed by atoms with Gasteiger partial charge in [-0.15, -0.1) is 0 Å². The van der Waals surface area contributed by atoms with Gasteiger partial charge in [-0.25, -0.2) is 0 Å². The van der Waals surface area contributed by atoms with Crippen molar-refractivity contribution in [3.63, 3.8) is 0 Å². The second-order valence-corrected chi connectivity index (χ2v) is 5.90. The number of likely N-dealkylation sites (N-methyl/N-ethyl adjacent to an activating group) is 1. The van der Waals surface area contributed by atoms with E-state index in [0.717, 1.165) is 12.1 Å². The largest absolute Gasteiger partial charge is 0.365 e. The summed E-state index contributed by atoms with van der Waals surface area (Å²) in [4.78, 5) is 27.3. The van der Waals surface area contributed by atoms with Gasteiger partial charge in [0, 0.05) is 39.0 Å². The van der Waals surface area contributed by atoms with Gasteiger partial charge in [0.2, 0.25) is 11.8 Å². The van der Waals surface area contributed by atoms with E-state index in [0.29, 0.717) is 26.1 Å². The van der Waals surface area contributed by atoms with Gasteiger partial charge in [-0.3, -0.25) is 9.59 Å². The van der Waals surface area contributed by atoms with Gasteiger partial charge in [-0.2, -0.15) is 0 Å². The van der Waals surface area contributed by atoms with Crippen molar-refractivity contribution in [2.24, 2.45) is 0 Å². The Labute approximate surface area is 131 Å². The van der Waals surface area contributed by atoms with Gasteiger partial charge in [-0.1, -0.05) is 6.92 Å². The Hall–Kier alpha value is -1.82. The molecule has 0 saturated carbocycles. The summed E-state index contributed by atoms with van der Waals surface area (Å²) in [5, 5.41) is 0. The van der Waals surface area contributed by atoms with Gasteiger partial charge in [-0.05, 0) is 18.6 Å². The fraction of sp³-hybridized carbons (Fsp3) is 0.625. The van der Waals surface area contributed by atoms with E-state index < -0.39 is 0 Å². The molecule has 1 atom stereocenters. The molecular formula is C16H25N3O3. The Balaban J connectivity index is 2.06. The lowest BCUT2D eigenvalue weighted by molar-refractivity contribution is -0.138. The van der Waals surface area contributed by atoms with Crippen molar-refractivity contribution >= 4 is 11.8 Å². The summed E-state index contributed by atoms with van der Waals surface area (Å²) in [6.07, 6.45) is 3.21. The van der Waals surface area contributed by atoms with Crippen LogP contribution in [0.15, 0.2) is 18.3 Å². The molecule has 0 radical (unpaired) electrons. The molecule has 6 heteroatoms. The molecule has 2 heterocycles. The van der Waals surface area contributed by atoms with Crippen LogP contribution in [0.2, 0.25) is 0 Å². The van der Waals surface area contributed by atoms with Gasteiger partial charge in [0.15, 0.2) is 0 Å². The molecule has 0 aliphatic carbocycles. The lowest BCUT2D eigenvalue weighted by Gasteiger charge is -2.24. The van der Waals surface area contributed by atoms with Crippen molar-refractivity contribution in [2.75, 3.05) is 27.2 Å². The molecule has 0 bridgehead atoms. The summed E-state index contributed by atoms with van der Waals surface area (Å²) in [7, 11) is 3.42. The number of rotatable bonds is 5. The maximum atomic E-state index is 12.3. The first-order valence-corrected chi connectivity index (χ1v) is 7.74. The SMILES string of the molecule is CCCC(=O)N1Cc2cccn2C[C@@H](OCC(=O)N(C)C)C1. The second-order valence-electron chi connectivity index (χ2n) is 5.90. The average Bonchev–Trinajstić information content (AvgIpc) is 2.83. The molecule has 2 amide bonds. The van der Waals surface area contributed by atoms with Gasteiger partial charge in [0.25, 0.3) is 0 Å². The maximum absolute atomic E-state index is 12.3. The highest BCUT2D eigenvalue weighted by molar-refractivity contribution is 5.77. The summed E-state index contributed by atoms with van der Waals surface area (Å²) in [6.45, 7) is 3.85. The molecule has 1 aliphatic heterocycles. The highest BCUT2D eigenvalue weighted by Gasteiger charge is 2.25. The molecule has 0 aromatic carbocycles. The minimum Gasteiger partial charge on any atom is -0.365 e. The predicted molar refractivity (Wildman–Crippen MR) is 83.2 cm³/mol. The lowest BCUT2D eigenvalue weighted by atomic mass is 10.2. The standard InChI is InChI=1S/C16H25N3O3/c1-4-6-15(20)19-9-13-7-5-8-18(13)10-14(11-19)22-12-16(21)17(2)3/h5,7-8,14H,4,6,9-12H2,1-3H3/t14-/m1/s1. The second kappa shape index (κ2) is 7.45. The normalized spacial score (nSPS) is 17.8. The molecule has 0 fully saturated rings. The van der Waals surface area contributed by atoms with Crippen LogP contribution in [0.3, 0.4) is 0 Å². The number of amides is 2. The van der Waals surface area contributed by atoms with E-state index in [-0.39, 0.29) is 24.5 Å². The molecule has 6 nitrogen and oxygen atoms in total. The van der Waals surface area contributed by atoms with Crippen molar-refractivity contribution in [1.82, 2.24) is 14.4 Å². The highest BCUT2D eigenvalue weighted by atomic mass is 16.5. The van der Waals surface area contributed by atoms with Crippen molar-refractivity contribution in [1.29, 1.82) is 0 Å². The summed E-state index contributed by atoms with van der Waals surface area (Å²) in [5.41, 5.74) is 1.11. The summed E-state index contributed by atoms with van der Waals surface area (Å²) in [6, 6.07) is 4.00. The molecule has 0 unspecified atom stereocenters. The Kier molecular flexibility index (Phi) is 5.60. The molecule has 1 aromatic heterocycles. The van der Waals surface area contributed by atoms with Crippen LogP contribution in [-0.2, 0) is 27.4 Å². The van der Waals surface area contributed by atoms with Crippen molar-refractivity contribution in [3.8, 4) is 0 Å². The number of hydrogen-bond donors (Lipinski definition) is 0. The fourth-order valence-electron chi connectivity index (χ4n) is 2.54. The van der Waals surface area contributed by atoms with Crippen molar-refractivity contribution in [3.05, 3.63) is 24.0 Å². The van der Waals surface area contributed by atoms with Crippen LogP contribution in [0.1, 0.15) is 25.5 Å². The van der Waals surface area contributed by atoms with Crippen LogP contribution in [-0.4, -0.2) is 59.5 Å². The van der Waals surface area contributed by atoms with E-state index >= 15 is 0 Å².